The van der Waals surface area contributed by atoms with Gasteiger partial charge in [0.05, 0.1) is 0 Å². The molecule has 0 aliphatic heterocycles. The van der Waals surface area contributed by atoms with Gasteiger partial charge in [-0.25, -0.2) is 14.2 Å². The molecule has 0 aliphatic rings. The second kappa shape index (κ2) is 7.00. The van der Waals surface area contributed by atoms with Crippen molar-refractivity contribution >= 4 is 27.8 Å². The van der Waals surface area contributed by atoms with Crippen LogP contribution in [0, 0.1) is 5.82 Å². The number of nitrogens with one attached hydrogen (secondary N) is 2. The molecule has 104 valence electrons. The van der Waals surface area contributed by atoms with Crippen molar-refractivity contribution in [3.8, 4) is 0 Å². The maximum absolute atomic E-state index is 12.7. The molecule has 2 N–H and O–H groups in total. The minimum absolute atomic E-state index is 0.264. The Hall–Kier alpha value is -1.95. The average Bonchev–Trinajstić information content (AvgIpc) is 2.41. The molecule has 20 heavy (non-hydrogen) atoms. The zero-order valence-electron chi connectivity index (χ0n) is 10.6. The summed E-state index contributed by atoms with van der Waals surface area (Å²) in [5, 5.41) is 5.34. The molecule has 1 heterocycles. The molecule has 0 spiro atoms. The molecule has 4 nitrogen and oxygen atoms in total. The van der Waals surface area contributed by atoms with Crippen LogP contribution >= 0.6 is 15.9 Å². The maximum atomic E-state index is 12.7. The summed E-state index contributed by atoms with van der Waals surface area (Å²) in [4.78, 5) is 15.6. The molecular formula is C14H13BrFN3O. The lowest BCUT2D eigenvalue weighted by atomic mass is 10.1. The molecule has 0 unspecified atom stereocenters. The van der Waals surface area contributed by atoms with Gasteiger partial charge in [-0.2, -0.15) is 0 Å². The third-order valence-corrected chi connectivity index (χ3v) is 3.07. The summed E-state index contributed by atoms with van der Waals surface area (Å²) in [5.74, 6) is 0.207. The van der Waals surface area contributed by atoms with Crippen LogP contribution in [0.25, 0.3) is 0 Å². The third-order valence-electron chi connectivity index (χ3n) is 2.58. The van der Waals surface area contributed by atoms with Gasteiger partial charge >= 0.3 is 6.03 Å². The Balaban J connectivity index is 1.76. The van der Waals surface area contributed by atoms with E-state index in [1.54, 1.807) is 30.5 Å². The van der Waals surface area contributed by atoms with Gasteiger partial charge in [0.2, 0.25) is 0 Å². The number of nitrogens with zero attached hydrogens (tertiary/aromatic N) is 1. The Morgan fingerprint density at radius 3 is 2.70 bits per heavy atom. The number of carbonyl (C=O) groups is 1. The quantitative estimate of drug-likeness (QED) is 0.898. The van der Waals surface area contributed by atoms with Crippen LogP contribution in [0.4, 0.5) is 15.0 Å². The largest absolute Gasteiger partial charge is 0.337 e. The first-order valence-electron chi connectivity index (χ1n) is 6.04. The first-order valence-corrected chi connectivity index (χ1v) is 6.83. The number of urea groups is 1. The molecule has 2 amide bonds. The number of hydrogen-bond acceptors (Lipinski definition) is 2. The predicted octanol–water partition coefficient (Wildman–Crippen LogP) is 3.35. The van der Waals surface area contributed by atoms with Gasteiger partial charge in [-0.15, -0.1) is 0 Å². The van der Waals surface area contributed by atoms with E-state index in [9.17, 15) is 9.18 Å². The second-order valence-electron chi connectivity index (χ2n) is 4.12. The van der Waals surface area contributed by atoms with Crippen LogP contribution in [-0.2, 0) is 6.42 Å². The van der Waals surface area contributed by atoms with Crippen LogP contribution in [0.2, 0.25) is 0 Å². The van der Waals surface area contributed by atoms with Crippen molar-refractivity contribution < 1.29 is 9.18 Å². The highest BCUT2D eigenvalue weighted by Crippen LogP contribution is 2.12. The summed E-state index contributed by atoms with van der Waals surface area (Å²) in [6, 6.07) is 9.37. The normalized spacial score (nSPS) is 10.1. The molecule has 1 aromatic carbocycles. The number of hydrogen-bond donors (Lipinski definition) is 2. The monoisotopic (exact) mass is 337 g/mol. The summed E-state index contributed by atoms with van der Waals surface area (Å²) in [6.07, 6.45) is 2.23. The molecule has 0 atom stereocenters. The number of anilines is 1. The van der Waals surface area contributed by atoms with Crippen LogP contribution in [0.1, 0.15) is 5.56 Å². The molecule has 2 aromatic rings. The predicted molar refractivity (Wildman–Crippen MR) is 79.1 cm³/mol. The van der Waals surface area contributed by atoms with E-state index in [1.165, 1.54) is 12.1 Å². The summed E-state index contributed by atoms with van der Waals surface area (Å²) in [7, 11) is 0. The van der Waals surface area contributed by atoms with Gasteiger partial charge in [-0.05, 0) is 36.2 Å². The lowest BCUT2D eigenvalue weighted by Crippen LogP contribution is -2.30. The van der Waals surface area contributed by atoms with Gasteiger partial charge in [-0.3, -0.25) is 5.32 Å². The molecule has 0 bridgehead atoms. The summed E-state index contributed by atoms with van der Waals surface area (Å²) < 4.78 is 13.6. The molecule has 1 aromatic heterocycles. The molecule has 6 heteroatoms. The van der Waals surface area contributed by atoms with Crippen LogP contribution in [0.5, 0.6) is 0 Å². The number of amides is 2. The first kappa shape index (κ1) is 14.5. The highest BCUT2D eigenvalue weighted by molar-refractivity contribution is 9.10. The standard InChI is InChI=1S/C14H13BrFN3O/c15-11-6-8-17-13(9-11)19-14(20)18-7-5-10-1-3-12(16)4-2-10/h1-4,6,8-9H,5,7H2,(H2,17,18,19,20). The average molecular weight is 338 g/mol. The molecule has 0 saturated carbocycles. The van der Waals surface area contributed by atoms with E-state index in [0.717, 1.165) is 10.0 Å². The van der Waals surface area contributed by atoms with E-state index in [-0.39, 0.29) is 11.8 Å². The Kier molecular flexibility index (Phi) is 5.06. The fourth-order valence-electron chi connectivity index (χ4n) is 1.61. The minimum atomic E-state index is -0.322. The number of halogens is 2. The second-order valence-corrected chi connectivity index (χ2v) is 5.03. The van der Waals surface area contributed by atoms with Gasteiger partial charge in [0, 0.05) is 17.2 Å². The van der Waals surface area contributed by atoms with E-state index in [0.29, 0.717) is 18.8 Å². The fourth-order valence-corrected chi connectivity index (χ4v) is 1.94. The number of benzene rings is 1. The molecule has 2 rings (SSSR count). The SMILES string of the molecule is O=C(NCCc1ccc(F)cc1)Nc1cc(Br)ccn1. The smallest absolute Gasteiger partial charge is 0.320 e. The van der Waals surface area contributed by atoms with Crippen molar-refractivity contribution in [3.05, 3.63) is 58.4 Å². The molecular weight excluding hydrogens is 325 g/mol. The Bertz CT molecular complexity index is 589. The Morgan fingerprint density at radius 2 is 2.00 bits per heavy atom. The summed E-state index contributed by atoms with van der Waals surface area (Å²) in [5.41, 5.74) is 0.965. The van der Waals surface area contributed by atoms with Crippen LogP contribution < -0.4 is 10.6 Å². The topological polar surface area (TPSA) is 54.0 Å². The van der Waals surface area contributed by atoms with Crippen LogP contribution in [0.3, 0.4) is 0 Å². The summed E-state index contributed by atoms with van der Waals surface area (Å²) in [6.45, 7) is 0.464. The van der Waals surface area contributed by atoms with Gasteiger partial charge in [-0.1, -0.05) is 28.1 Å². The molecule has 0 radical (unpaired) electrons. The molecule has 0 saturated heterocycles. The summed E-state index contributed by atoms with van der Waals surface area (Å²) >= 11 is 3.30. The van der Waals surface area contributed by atoms with E-state index >= 15 is 0 Å². The van der Waals surface area contributed by atoms with Crippen LogP contribution in [0.15, 0.2) is 47.1 Å². The van der Waals surface area contributed by atoms with Crippen molar-refractivity contribution in [2.24, 2.45) is 0 Å². The van der Waals surface area contributed by atoms with Gasteiger partial charge < -0.3 is 5.32 Å². The number of aromatic nitrogens is 1. The minimum Gasteiger partial charge on any atom is -0.337 e. The molecule has 0 fully saturated rings. The highest BCUT2D eigenvalue weighted by Gasteiger charge is 2.02. The number of carbonyl (C=O) groups excluding carboxylic acids is 1. The van der Waals surface area contributed by atoms with E-state index < -0.39 is 0 Å². The molecule has 0 aliphatic carbocycles. The van der Waals surface area contributed by atoms with Crippen molar-refractivity contribution in [3.63, 3.8) is 0 Å². The van der Waals surface area contributed by atoms with Crippen molar-refractivity contribution in [2.75, 3.05) is 11.9 Å². The fraction of sp³-hybridized carbons (Fsp3) is 0.143. The maximum Gasteiger partial charge on any atom is 0.320 e. The third kappa shape index (κ3) is 4.62. The van der Waals surface area contributed by atoms with Crippen molar-refractivity contribution in [1.82, 2.24) is 10.3 Å². The first-order chi connectivity index (χ1) is 9.63. The van der Waals surface area contributed by atoms with Crippen molar-refractivity contribution in [2.45, 2.75) is 6.42 Å². The lowest BCUT2D eigenvalue weighted by molar-refractivity contribution is 0.252. The number of rotatable bonds is 4. The van der Waals surface area contributed by atoms with E-state index in [1.807, 2.05) is 0 Å². The Labute approximate surface area is 124 Å². The van der Waals surface area contributed by atoms with Crippen molar-refractivity contribution in [1.29, 1.82) is 0 Å². The lowest BCUT2D eigenvalue weighted by Gasteiger charge is -2.07. The van der Waals surface area contributed by atoms with Gasteiger partial charge in [0.15, 0.2) is 0 Å². The zero-order valence-corrected chi connectivity index (χ0v) is 12.2. The van der Waals surface area contributed by atoms with Gasteiger partial charge in [0.25, 0.3) is 0 Å². The van der Waals surface area contributed by atoms with Gasteiger partial charge in [0.1, 0.15) is 11.6 Å². The van der Waals surface area contributed by atoms with E-state index in [4.69, 9.17) is 0 Å². The Morgan fingerprint density at radius 1 is 1.25 bits per heavy atom. The van der Waals surface area contributed by atoms with E-state index in [2.05, 4.69) is 31.5 Å². The highest BCUT2D eigenvalue weighted by atomic mass is 79.9. The number of pyridine rings is 1. The van der Waals surface area contributed by atoms with Crippen LogP contribution in [-0.4, -0.2) is 17.6 Å². The zero-order chi connectivity index (χ0) is 14.4.